The molecule has 2 atom stereocenters. The Balaban J connectivity index is 3.35. The zero-order chi connectivity index (χ0) is 14.6. The Bertz CT molecular complexity index is 437. The molecule has 0 bridgehead atoms. The Morgan fingerprint density at radius 1 is 1.16 bits per heavy atom. The molecule has 0 saturated heterocycles. The van der Waals surface area contributed by atoms with Crippen molar-refractivity contribution in [2.75, 3.05) is 21.3 Å². The van der Waals surface area contributed by atoms with Crippen LogP contribution in [-0.2, 0) is 4.79 Å². The minimum Gasteiger partial charge on any atom is -0.496 e. The smallest absolute Gasteiger partial charge is 0.341 e. The summed E-state index contributed by atoms with van der Waals surface area (Å²) in [6.07, 6.45) is -4.40. The number of carboxylic acid groups (broad SMARTS) is 1. The predicted molar refractivity (Wildman–Crippen MR) is 63.6 cm³/mol. The van der Waals surface area contributed by atoms with Crippen molar-refractivity contribution < 1.29 is 33.6 Å². The average molecular weight is 274 g/mol. The maximum atomic E-state index is 13.4. The van der Waals surface area contributed by atoms with Crippen LogP contribution in [0.1, 0.15) is 11.7 Å². The summed E-state index contributed by atoms with van der Waals surface area (Å²) in [7, 11) is 4.02. The highest BCUT2D eigenvalue weighted by Crippen LogP contribution is 2.39. The summed E-state index contributed by atoms with van der Waals surface area (Å²) in [5, 5.41) is 18.4. The molecule has 0 aromatic heterocycles. The second-order valence-electron chi connectivity index (χ2n) is 3.63. The van der Waals surface area contributed by atoms with E-state index in [4.69, 9.17) is 19.3 Å². The maximum absolute atomic E-state index is 13.4. The number of hydrogen-bond donors (Lipinski definition) is 2. The van der Waals surface area contributed by atoms with E-state index in [-0.39, 0.29) is 17.1 Å². The number of benzene rings is 1. The molecule has 2 N–H and O–H groups in total. The number of aliphatic hydroxyl groups excluding tert-OH is 1. The first-order valence-electron chi connectivity index (χ1n) is 5.31. The number of aliphatic hydroxyl groups is 1. The summed E-state index contributed by atoms with van der Waals surface area (Å²) >= 11 is 0. The molecule has 106 valence electrons. The van der Waals surface area contributed by atoms with E-state index in [2.05, 4.69) is 0 Å². The highest BCUT2D eigenvalue weighted by molar-refractivity contribution is 5.74. The van der Waals surface area contributed by atoms with Crippen molar-refractivity contribution in [1.29, 1.82) is 0 Å². The van der Waals surface area contributed by atoms with Gasteiger partial charge in [0.15, 0.2) is 0 Å². The topological polar surface area (TPSA) is 85.2 Å². The summed E-state index contributed by atoms with van der Waals surface area (Å²) in [6.45, 7) is 0. The van der Waals surface area contributed by atoms with Gasteiger partial charge in [-0.3, -0.25) is 0 Å². The van der Waals surface area contributed by atoms with Crippen LogP contribution in [0.15, 0.2) is 12.1 Å². The fourth-order valence-electron chi connectivity index (χ4n) is 1.61. The molecule has 0 aliphatic carbocycles. The first kappa shape index (κ1) is 15.0. The van der Waals surface area contributed by atoms with Crippen molar-refractivity contribution >= 4 is 5.97 Å². The van der Waals surface area contributed by atoms with Crippen molar-refractivity contribution in [3.05, 3.63) is 17.7 Å². The molecular formula is C12H15FO6. The van der Waals surface area contributed by atoms with E-state index in [1.165, 1.54) is 33.5 Å². The molecular weight excluding hydrogens is 259 g/mol. The number of hydrogen-bond acceptors (Lipinski definition) is 5. The van der Waals surface area contributed by atoms with Gasteiger partial charge in [0.1, 0.15) is 23.4 Å². The van der Waals surface area contributed by atoms with E-state index < -0.39 is 18.2 Å². The molecule has 0 fully saturated rings. The fourth-order valence-corrected chi connectivity index (χ4v) is 1.61. The van der Waals surface area contributed by atoms with Crippen LogP contribution in [0, 0.1) is 0 Å². The second-order valence-corrected chi connectivity index (χ2v) is 3.63. The van der Waals surface area contributed by atoms with Crippen molar-refractivity contribution in [2.45, 2.75) is 12.3 Å². The largest absolute Gasteiger partial charge is 0.496 e. The van der Waals surface area contributed by atoms with E-state index in [1.54, 1.807) is 0 Å². The van der Waals surface area contributed by atoms with Crippen LogP contribution < -0.4 is 14.2 Å². The Morgan fingerprint density at radius 2 is 1.63 bits per heavy atom. The van der Waals surface area contributed by atoms with Crippen LogP contribution in [-0.4, -0.2) is 43.7 Å². The number of carbonyl (C=O) groups is 1. The number of alkyl halides is 1. The molecule has 1 aromatic rings. The van der Waals surface area contributed by atoms with E-state index in [9.17, 15) is 14.3 Å². The zero-order valence-electron chi connectivity index (χ0n) is 10.7. The van der Waals surface area contributed by atoms with Gasteiger partial charge in [-0.15, -0.1) is 0 Å². The first-order valence-corrected chi connectivity index (χ1v) is 5.31. The maximum Gasteiger partial charge on any atom is 0.341 e. The monoisotopic (exact) mass is 274 g/mol. The lowest BCUT2D eigenvalue weighted by molar-refractivity contribution is -0.147. The fraction of sp³-hybridized carbons (Fsp3) is 0.417. The SMILES string of the molecule is COc1cc(OC)c(C(O)C(F)C(=O)O)c(OC)c1. The Kier molecular flexibility index (Phi) is 4.94. The molecule has 19 heavy (non-hydrogen) atoms. The normalized spacial score (nSPS) is 13.5. The van der Waals surface area contributed by atoms with Gasteiger partial charge in [-0.25, -0.2) is 9.18 Å². The highest BCUT2D eigenvalue weighted by Gasteiger charge is 2.32. The summed E-state index contributed by atoms with van der Waals surface area (Å²) in [6, 6.07) is 2.80. The zero-order valence-corrected chi connectivity index (χ0v) is 10.7. The number of aliphatic carboxylic acids is 1. The minimum atomic E-state index is -2.49. The Morgan fingerprint density at radius 3 is 1.95 bits per heavy atom. The van der Waals surface area contributed by atoms with Crippen LogP contribution in [0.3, 0.4) is 0 Å². The molecule has 0 aliphatic heterocycles. The summed E-state index contributed by atoms with van der Waals surface area (Å²) in [5.74, 6) is -1.25. The van der Waals surface area contributed by atoms with E-state index in [0.717, 1.165) is 0 Å². The van der Waals surface area contributed by atoms with Gasteiger partial charge in [-0.2, -0.15) is 0 Å². The standard InChI is InChI=1S/C12H15FO6/c1-17-6-4-7(18-2)9(8(5-6)19-3)11(14)10(13)12(15)16/h4-5,10-11,14H,1-3H3,(H,15,16). The summed E-state index contributed by atoms with van der Waals surface area (Å²) in [5.41, 5.74) is -0.0827. The Labute approximate surface area is 109 Å². The van der Waals surface area contributed by atoms with Crippen LogP contribution in [0.5, 0.6) is 17.2 Å². The van der Waals surface area contributed by atoms with Crippen LogP contribution in [0.2, 0.25) is 0 Å². The van der Waals surface area contributed by atoms with E-state index in [0.29, 0.717) is 5.75 Å². The van der Waals surface area contributed by atoms with Gasteiger partial charge in [0.25, 0.3) is 0 Å². The average Bonchev–Trinajstić information content (AvgIpc) is 2.43. The number of ether oxygens (including phenoxy) is 3. The highest BCUT2D eigenvalue weighted by atomic mass is 19.1. The molecule has 0 aliphatic rings. The minimum absolute atomic E-state index is 0.0765. The van der Waals surface area contributed by atoms with Gasteiger partial charge in [0.05, 0.1) is 26.9 Å². The molecule has 1 aromatic carbocycles. The van der Waals surface area contributed by atoms with Gasteiger partial charge < -0.3 is 24.4 Å². The molecule has 2 unspecified atom stereocenters. The van der Waals surface area contributed by atoms with Gasteiger partial charge in [-0.05, 0) is 0 Å². The third-order valence-corrected chi connectivity index (χ3v) is 2.56. The van der Waals surface area contributed by atoms with Gasteiger partial charge in [0, 0.05) is 12.1 Å². The van der Waals surface area contributed by atoms with Crippen molar-refractivity contribution in [1.82, 2.24) is 0 Å². The molecule has 0 heterocycles. The summed E-state index contributed by atoms with van der Waals surface area (Å²) < 4.78 is 28.4. The van der Waals surface area contributed by atoms with Crippen molar-refractivity contribution in [2.24, 2.45) is 0 Å². The molecule has 0 spiro atoms. The molecule has 7 heteroatoms. The van der Waals surface area contributed by atoms with Crippen molar-refractivity contribution in [3.63, 3.8) is 0 Å². The second kappa shape index (κ2) is 6.24. The molecule has 0 saturated carbocycles. The number of rotatable bonds is 6. The molecule has 0 radical (unpaired) electrons. The van der Waals surface area contributed by atoms with Gasteiger partial charge in [0.2, 0.25) is 6.17 Å². The lowest BCUT2D eigenvalue weighted by Crippen LogP contribution is -2.24. The quantitative estimate of drug-likeness (QED) is 0.810. The van der Waals surface area contributed by atoms with E-state index >= 15 is 0 Å². The molecule has 1 rings (SSSR count). The summed E-state index contributed by atoms with van der Waals surface area (Å²) in [4.78, 5) is 10.6. The number of halogens is 1. The van der Waals surface area contributed by atoms with Crippen molar-refractivity contribution in [3.8, 4) is 17.2 Å². The lowest BCUT2D eigenvalue weighted by Gasteiger charge is -2.19. The van der Waals surface area contributed by atoms with E-state index in [1.807, 2.05) is 0 Å². The van der Waals surface area contributed by atoms with Crippen LogP contribution in [0.4, 0.5) is 4.39 Å². The third-order valence-electron chi connectivity index (χ3n) is 2.56. The van der Waals surface area contributed by atoms with Gasteiger partial charge in [-0.1, -0.05) is 0 Å². The number of methoxy groups -OCH3 is 3. The number of carboxylic acids is 1. The molecule has 0 amide bonds. The lowest BCUT2D eigenvalue weighted by atomic mass is 10.0. The molecule has 6 nitrogen and oxygen atoms in total. The third kappa shape index (κ3) is 3.05. The predicted octanol–water partition coefficient (Wildman–Crippen LogP) is 1.17. The first-order chi connectivity index (χ1) is 8.96. The van der Waals surface area contributed by atoms with Gasteiger partial charge >= 0.3 is 5.97 Å². The van der Waals surface area contributed by atoms with Crippen LogP contribution >= 0.6 is 0 Å². The Hall–Kier alpha value is -2.02. The van der Waals surface area contributed by atoms with Crippen LogP contribution in [0.25, 0.3) is 0 Å².